The molecule has 1 N–H and O–H groups in total. The number of hydrogen-bond donors (Lipinski definition) is 1. The summed E-state index contributed by atoms with van der Waals surface area (Å²) >= 11 is 0. The van der Waals surface area contributed by atoms with Gasteiger partial charge in [-0.2, -0.15) is 0 Å². The quantitative estimate of drug-likeness (QED) is 0.744. The molecule has 5 nitrogen and oxygen atoms in total. The molecule has 0 saturated carbocycles. The molecule has 0 aliphatic heterocycles. The van der Waals surface area contributed by atoms with Crippen LogP contribution in [0.3, 0.4) is 0 Å². The normalized spacial score (nSPS) is 11.6. The first kappa shape index (κ1) is 17.7. The Hall–Kier alpha value is -1.40. The zero-order chi connectivity index (χ0) is 15.9. The van der Waals surface area contributed by atoms with Crippen molar-refractivity contribution in [1.29, 1.82) is 0 Å². The lowest BCUT2D eigenvalue weighted by molar-refractivity contribution is 0.0922. The second kappa shape index (κ2) is 8.14. The Morgan fingerprint density at radius 1 is 1.29 bits per heavy atom. The van der Waals surface area contributed by atoms with Crippen LogP contribution in [0, 0.1) is 5.92 Å². The Bertz CT molecular complexity index is 567. The van der Waals surface area contributed by atoms with Crippen molar-refractivity contribution in [2.45, 2.75) is 25.2 Å². The van der Waals surface area contributed by atoms with Gasteiger partial charge in [-0.05, 0) is 24.5 Å². The topological polar surface area (TPSA) is 72.5 Å². The summed E-state index contributed by atoms with van der Waals surface area (Å²) in [4.78, 5) is 12.1. The number of nitrogens with one attached hydrogen (secondary N) is 1. The van der Waals surface area contributed by atoms with Gasteiger partial charge < -0.3 is 10.1 Å². The first-order valence-corrected chi connectivity index (χ1v) is 8.86. The highest BCUT2D eigenvalue weighted by molar-refractivity contribution is 7.90. The van der Waals surface area contributed by atoms with Gasteiger partial charge in [-0.1, -0.05) is 26.0 Å². The minimum Gasteiger partial charge on any atom is -0.381 e. The predicted octanol–water partition coefficient (Wildman–Crippen LogP) is 1.88. The van der Waals surface area contributed by atoms with Crippen molar-refractivity contribution in [3.05, 3.63) is 29.8 Å². The van der Waals surface area contributed by atoms with Gasteiger partial charge in [-0.3, -0.25) is 4.79 Å². The molecule has 118 valence electrons. The minimum atomic E-state index is -3.41. The number of rotatable bonds is 8. The van der Waals surface area contributed by atoms with E-state index in [1.807, 2.05) is 0 Å². The third-order valence-corrected chi connectivity index (χ3v) is 3.89. The molecule has 1 rings (SSSR count). The maximum atomic E-state index is 12.0. The molecule has 21 heavy (non-hydrogen) atoms. The molecular weight excluding hydrogens is 290 g/mol. The number of carbonyl (C=O) groups excluding carboxylic acids is 1. The molecule has 0 aliphatic rings. The number of hydrogen-bond acceptors (Lipinski definition) is 4. The summed E-state index contributed by atoms with van der Waals surface area (Å²) in [5.41, 5.74) is 0.183. The maximum Gasteiger partial charge on any atom is 0.252 e. The Morgan fingerprint density at radius 3 is 2.57 bits per heavy atom. The summed E-state index contributed by atoms with van der Waals surface area (Å²) in [7, 11) is -3.41. The van der Waals surface area contributed by atoms with Crippen LogP contribution in [-0.4, -0.2) is 40.3 Å². The van der Waals surface area contributed by atoms with E-state index in [0.717, 1.165) is 6.26 Å². The Labute approximate surface area is 126 Å². The Morgan fingerprint density at radius 2 is 1.95 bits per heavy atom. The van der Waals surface area contributed by atoms with Gasteiger partial charge in [0.15, 0.2) is 9.84 Å². The number of carbonyl (C=O) groups is 1. The highest BCUT2D eigenvalue weighted by atomic mass is 32.2. The van der Waals surface area contributed by atoms with Crippen molar-refractivity contribution in [3.8, 4) is 0 Å². The first-order chi connectivity index (χ1) is 9.82. The summed E-state index contributed by atoms with van der Waals surface area (Å²) < 4.78 is 28.7. The maximum absolute atomic E-state index is 12.0. The second-order valence-corrected chi connectivity index (χ2v) is 7.33. The van der Waals surface area contributed by atoms with E-state index in [2.05, 4.69) is 19.2 Å². The molecule has 0 bridgehead atoms. The van der Waals surface area contributed by atoms with Crippen molar-refractivity contribution in [3.63, 3.8) is 0 Å². The average molecular weight is 313 g/mol. The number of benzene rings is 1. The second-order valence-electron chi connectivity index (χ2n) is 5.35. The Kier molecular flexibility index (Phi) is 6.84. The fourth-order valence-corrected chi connectivity index (χ4v) is 2.65. The van der Waals surface area contributed by atoms with Crippen LogP contribution >= 0.6 is 0 Å². The molecule has 0 fully saturated rings. The lowest BCUT2D eigenvalue weighted by Gasteiger charge is -2.10. The third-order valence-electron chi connectivity index (χ3n) is 2.73. The minimum absolute atomic E-state index is 0.0542. The van der Waals surface area contributed by atoms with Gasteiger partial charge in [0, 0.05) is 26.0 Å². The summed E-state index contributed by atoms with van der Waals surface area (Å²) in [5, 5.41) is 2.72. The van der Waals surface area contributed by atoms with Crippen LogP contribution in [0.25, 0.3) is 0 Å². The fourth-order valence-electron chi connectivity index (χ4n) is 1.77. The van der Waals surface area contributed by atoms with E-state index in [0.29, 0.717) is 32.1 Å². The fraction of sp³-hybridized carbons (Fsp3) is 0.533. The van der Waals surface area contributed by atoms with Gasteiger partial charge in [-0.15, -0.1) is 0 Å². The molecule has 6 heteroatoms. The smallest absolute Gasteiger partial charge is 0.252 e. The zero-order valence-corrected chi connectivity index (χ0v) is 13.6. The van der Waals surface area contributed by atoms with Gasteiger partial charge in [0.2, 0.25) is 0 Å². The van der Waals surface area contributed by atoms with Gasteiger partial charge in [0.05, 0.1) is 10.5 Å². The predicted molar refractivity (Wildman–Crippen MR) is 82.2 cm³/mol. The summed E-state index contributed by atoms with van der Waals surface area (Å²) in [6, 6.07) is 6.21. The van der Waals surface area contributed by atoms with E-state index >= 15 is 0 Å². The van der Waals surface area contributed by atoms with Gasteiger partial charge in [0.25, 0.3) is 5.91 Å². The molecule has 0 atom stereocenters. The molecule has 0 radical (unpaired) electrons. The van der Waals surface area contributed by atoms with E-state index < -0.39 is 9.84 Å². The van der Waals surface area contributed by atoms with Gasteiger partial charge in [-0.25, -0.2) is 8.42 Å². The third kappa shape index (κ3) is 6.27. The van der Waals surface area contributed by atoms with Gasteiger partial charge in [0.1, 0.15) is 0 Å². The van der Waals surface area contributed by atoms with Crippen LogP contribution in [0.15, 0.2) is 29.2 Å². The van der Waals surface area contributed by atoms with E-state index in [1.165, 1.54) is 12.1 Å². The van der Waals surface area contributed by atoms with E-state index in [9.17, 15) is 13.2 Å². The van der Waals surface area contributed by atoms with Crippen LogP contribution in [0.2, 0.25) is 0 Å². The summed E-state index contributed by atoms with van der Waals surface area (Å²) in [6.07, 6.45) is 1.79. The van der Waals surface area contributed by atoms with E-state index in [1.54, 1.807) is 12.1 Å². The molecule has 0 spiro atoms. The van der Waals surface area contributed by atoms with Crippen LogP contribution < -0.4 is 5.32 Å². The van der Waals surface area contributed by atoms with Crippen LogP contribution in [0.4, 0.5) is 0 Å². The molecule has 0 heterocycles. The molecule has 1 aromatic carbocycles. The molecule has 0 saturated heterocycles. The molecule has 1 aromatic rings. The van der Waals surface area contributed by atoms with Crippen LogP contribution in [0.5, 0.6) is 0 Å². The van der Waals surface area contributed by atoms with Gasteiger partial charge >= 0.3 is 0 Å². The summed E-state index contributed by atoms with van der Waals surface area (Å²) in [5.74, 6) is 0.112. The number of sulfone groups is 1. The van der Waals surface area contributed by atoms with Crippen molar-refractivity contribution in [2.75, 3.05) is 26.0 Å². The first-order valence-electron chi connectivity index (χ1n) is 6.97. The van der Waals surface area contributed by atoms with E-state index in [-0.39, 0.29) is 16.4 Å². The lowest BCUT2D eigenvalue weighted by Crippen LogP contribution is -2.27. The molecule has 1 amide bonds. The summed E-state index contributed by atoms with van der Waals surface area (Å²) in [6.45, 7) is 5.87. The van der Waals surface area contributed by atoms with Crippen LogP contribution in [0.1, 0.15) is 30.6 Å². The van der Waals surface area contributed by atoms with Crippen LogP contribution in [-0.2, 0) is 14.6 Å². The monoisotopic (exact) mass is 313 g/mol. The highest BCUT2D eigenvalue weighted by Gasteiger charge is 2.17. The molecular formula is C15H23NO4S. The molecule has 0 aromatic heterocycles. The zero-order valence-electron chi connectivity index (χ0n) is 12.8. The standard InChI is InChI=1S/C15H23NO4S/c1-12(2)11-20-10-6-9-16-15(17)13-7-4-5-8-14(13)21(3,18)19/h4-5,7-8,12H,6,9-11H2,1-3H3,(H,16,17). The lowest BCUT2D eigenvalue weighted by atomic mass is 10.2. The number of ether oxygens (including phenoxy) is 1. The molecule has 0 aliphatic carbocycles. The Balaban J connectivity index is 2.50. The van der Waals surface area contributed by atoms with Crippen molar-refractivity contribution in [1.82, 2.24) is 5.32 Å². The SMILES string of the molecule is CC(C)COCCCNC(=O)c1ccccc1S(C)(=O)=O. The highest BCUT2D eigenvalue weighted by Crippen LogP contribution is 2.14. The van der Waals surface area contributed by atoms with Crippen molar-refractivity contribution >= 4 is 15.7 Å². The average Bonchev–Trinajstić information content (AvgIpc) is 2.41. The van der Waals surface area contributed by atoms with Crippen molar-refractivity contribution < 1.29 is 17.9 Å². The van der Waals surface area contributed by atoms with E-state index in [4.69, 9.17) is 4.74 Å². The largest absolute Gasteiger partial charge is 0.381 e. The molecule has 0 unspecified atom stereocenters. The van der Waals surface area contributed by atoms with Crippen molar-refractivity contribution in [2.24, 2.45) is 5.92 Å². The number of amides is 1.